The SMILES string of the molecule is OCc1ccc(CNCC(O)COc2cccc(Cl)c2Cl)o1. The highest BCUT2D eigenvalue weighted by Crippen LogP contribution is 2.31. The smallest absolute Gasteiger partial charge is 0.139 e. The van der Waals surface area contributed by atoms with Gasteiger partial charge in [-0.2, -0.15) is 0 Å². The van der Waals surface area contributed by atoms with Crippen LogP contribution in [0.2, 0.25) is 10.0 Å². The van der Waals surface area contributed by atoms with Crippen molar-refractivity contribution in [1.82, 2.24) is 5.32 Å². The fraction of sp³-hybridized carbons (Fsp3) is 0.333. The minimum atomic E-state index is -0.706. The Morgan fingerprint density at radius 1 is 1.18 bits per heavy atom. The molecule has 1 aromatic carbocycles. The van der Waals surface area contributed by atoms with E-state index in [1.54, 1.807) is 30.3 Å². The zero-order chi connectivity index (χ0) is 15.9. The van der Waals surface area contributed by atoms with Crippen LogP contribution >= 0.6 is 23.2 Å². The van der Waals surface area contributed by atoms with E-state index >= 15 is 0 Å². The maximum absolute atomic E-state index is 9.87. The lowest BCUT2D eigenvalue weighted by Gasteiger charge is -2.14. The minimum Gasteiger partial charge on any atom is -0.489 e. The molecule has 5 nitrogen and oxygen atoms in total. The van der Waals surface area contributed by atoms with Gasteiger partial charge in [0.1, 0.15) is 41.6 Å². The topological polar surface area (TPSA) is 74.9 Å². The Balaban J connectivity index is 1.71. The molecule has 0 aliphatic rings. The van der Waals surface area contributed by atoms with E-state index in [2.05, 4.69) is 5.32 Å². The molecule has 22 heavy (non-hydrogen) atoms. The number of ether oxygens (including phenoxy) is 1. The van der Waals surface area contributed by atoms with Gasteiger partial charge in [0.15, 0.2) is 0 Å². The quantitative estimate of drug-likeness (QED) is 0.685. The van der Waals surface area contributed by atoms with Crippen LogP contribution in [0.1, 0.15) is 11.5 Å². The number of hydrogen-bond acceptors (Lipinski definition) is 5. The first-order chi connectivity index (χ1) is 10.6. The molecule has 0 aliphatic carbocycles. The Morgan fingerprint density at radius 3 is 2.68 bits per heavy atom. The molecule has 0 saturated heterocycles. The Morgan fingerprint density at radius 2 is 1.95 bits per heavy atom. The fourth-order valence-corrected chi connectivity index (χ4v) is 2.15. The highest BCUT2D eigenvalue weighted by atomic mass is 35.5. The molecule has 0 bridgehead atoms. The lowest BCUT2D eigenvalue weighted by atomic mass is 10.3. The Bertz CT molecular complexity index is 603. The van der Waals surface area contributed by atoms with Gasteiger partial charge in [0, 0.05) is 6.54 Å². The second-order valence-electron chi connectivity index (χ2n) is 4.67. The highest BCUT2D eigenvalue weighted by molar-refractivity contribution is 6.42. The molecule has 2 rings (SSSR count). The Hall–Kier alpha value is -1.24. The number of hydrogen-bond donors (Lipinski definition) is 3. The number of halogens is 2. The van der Waals surface area contributed by atoms with Crippen LogP contribution in [0.4, 0.5) is 0 Å². The van der Waals surface area contributed by atoms with E-state index in [9.17, 15) is 5.11 Å². The second-order valence-corrected chi connectivity index (χ2v) is 5.46. The molecule has 0 fully saturated rings. The summed E-state index contributed by atoms with van der Waals surface area (Å²) in [6, 6.07) is 8.56. The van der Waals surface area contributed by atoms with Gasteiger partial charge in [0.05, 0.1) is 11.6 Å². The van der Waals surface area contributed by atoms with Crippen LogP contribution in [0.25, 0.3) is 0 Å². The van der Waals surface area contributed by atoms with Crippen LogP contribution in [0.15, 0.2) is 34.7 Å². The fourth-order valence-electron chi connectivity index (χ4n) is 1.80. The van der Waals surface area contributed by atoms with Gasteiger partial charge in [0.25, 0.3) is 0 Å². The van der Waals surface area contributed by atoms with Gasteiger partial charge in [-0.25, -0.2) is 0 Å². The number of aliphatic hydroxyl groups excluding tert-OH is 2. The summed E-state index contributed by atoms with van der Waals surface area (Å²) >= 11 is 11.9. The Kier molecular flexibility index (Phi) is 6.54. The molecular weight excluding hydrogens is 329 g/mol. The summed E-state index contributed by atoms with van der Waals surface area (Å²) in [4.78, 5) is 0. The van der Waals surface area contributed by atoms with Crippen molar-refractivity contribution in [3.63, 3.8) is 0 Å². The van der Waals surface area contributed by atoms with E-state index < -0.39 is 6.10 Å². The molecule has 0 radical (unpaired) electrons. The first-order valence-electron chi connectivity index (χ1n) is 6.74. The summed E-state index contributed by atoms with van der Waals surface area (Å²) in [7, 11) is 0. The van der Waals surface area contributed by atoms with E-state index in [0.29, 0.717) is 40.4 Å². The van der Waals surface area contributed by atoms with Crippen LogP contribution in [0.5, 0.6) is 5.75 Å². The predicted molar refractivity (Wildman–Crippen MR) is 84.3 cm³/mol. The van der Waals surface area contributed by atoms with E-state index in [0.717, 1.165) is 0 Å². The predicted octanol–water partition coefficient (Wildman–Crippen LogP) is 2.61. The monoisotopic (exact) mass is 345 g/mol. The summed E-state index contributed by atoms with van der Waals surface area (Å²) < 4.78 is 10.8. The van der Waals surface area contributed by atoms with Gasteiger partial charge in [-0.1, -0.05) is 29.3 Å². The van der Waals surface area contributed by atoms with E-state index in [4.69, 9.17) is 37.5 Å². The summed E-state index contributed by atoms with van der Waals surface area (Å²) in [5, 5.41) is 22.5. The van der Waals surface area contributed by atoms with Gasteiger partial charge < -0.3 is 24.7 Å². The molecule has 0 spiro atoms. The molecule has 0 aliphatic heterocycles. The molecule has 1 unspecified atom stereocenters. The largest absolute Gasteiger partial charge is 0.489 e. The van der Waals surface area contributed by atoms with Crippen molar-refractivity contribution in [3.05, 3.63) is 51.9 Å². The third kappa shape index (κ3) is 4.90. The Labute approximate surface area is 138 Å². The molecular formula is C15H17Cl2NO4. The molecule has 3 N–H and O–H groups in total. The third-order valence-electron chi connectivity index (χ3n) is 2.90. The van der Waals surface area contributed by atoms with Crippen molar-refractivity contribution in [2.45, 2.75) is 19.3 Å². The minimum absolute atomic E-state index is 0.0904. The van der Waals surface area contributed by atoms with Crippen LogP contribution in [0, 0.1) is 0 Å². The first kappa shape index (κ1) is 17.1. The highest BCUT2D eigenvalue weighted by Gasteiger charge is 2.09. The number of furan rings is 1. The number of rotatable bonds is 8. The number of nitrogens with one attached hydrogen (secondary N) is 1. The molecule has 0 amide bonds. The van der Waals surface area contributed by atoms with Crippen molar-refractivity contribution >= 4 is 23.2 Å². The second kappa shape index (κ2) is 8.41. The molecule has 2 aromatic rings. The van der Waals surface area contributed by atoms with Crippen molar-refractivity contribution in [2.75, 3.05) is 13.2 Å². The molecule has 120 valence electrons. The maximum Gasteiger partial charge on any atom is 0.139 e. The van der Waals surface area contributed by atoms with Gasteiger partial charge in [-0.3, -0.25) is 0 Å². The van der Waals surface area contributed by atoms with Crippen LogP contribution < -0.4 is 10.1 Å². The zero-order valence-electron chi connectivity index (χ0n) is 11.8. The molecule has 0 saturated carbocycles. The van der Waals surface area contributed by atoms with Crippen LogP contribution in [-0.2, 0) is 13.2 Å². The average Bonchev–Trinajstić information content (AvgIpc) is 2.97. The summed E-state index contributed by atoms with van der Waals surface area (Å²) in [6.07, 6.45) is -0.706. The van der Waals surface area contributed by atoms with Gasteiger partial charge in [0.2, 0.25) is 0 Å². The lowest BCUT2D eigenvalue weighted by Crippen LogP contribution is -2.31. The van der Waals surface area contributed by atoms with Crippen LogP contribution in [-0.4, -0.2) is 29.5 Å². The van der Waals surface area contributed by atoms with Crippen LogP contribution in [0.3, 0.4) is 0 Å². The lowest BCUT2D eigenvalue weighted by molar-refractivity contribution is 0.105. The molecule has 7 heteroatoms. The summed E-state index contributed by atoms with van der Waals surface area (Å²) in [5.74, 6) is 1.64. The van der Waals surface area contributed by atoms with Crippen molar-refractivity contribution in [2.24, 2.45) is 0 Å². The standard InChI is InChI=1S/C15H17Cl2NO4/c16-13-2-1-3-14(15(13)17)21-9-10(20)6-18-7-11-4-5-12(8-19)22-11/h1-5,10,18-20H,6-9H2. The van der Waals surface area contributed by atoms with E-state index in [1.165, 1.54) is 0 Å². The molecule has 1 heterocycles. The third-order valence-corrected chi connectivity index (χ3v) is 3.70. The number of aliphatic hydroxyl groups is 2. The van der Waals surface area contributed by atoms with Gasteiger partial charge in [-0.05, 0) is 24.3 Å². The van der Waals surface area contributed by atoms with Gasteiger partial charge >= 0.3 is 0 Å². The number of benzene rings is 1. The maximum atomic E-state index is 9.87. The van der Waals surface area contributed by atoms with E-state index in [1.807, 2.05) is 0 Å². The van der Waals surface area contributed by atoms with Crippen molar-refractivity contribution < 1.29 is 19.4 Å². The molecule has 1 aromatic heterocycles. The summed E-state index contributed by atoms with van der Waals surface area (Å²) in [5.41, 5.74) is 0. The first-order valence-corrected chi connectivity index (χ1v) is 7.49. The van der Waals surface area contributed by atoms with Gasteiger partial charge in [-0.15, -0.1) is 0 Å². The van der Waals surface area contributed by atoms with Crippen molar-refractivity contribution in [3.8, 4) is 5.75 Å². The van der Waals surface area contributed by atoms with E-state index in [-0.39, 0.29) is 13.2 Å². The average molecular weight is 346 g/mol. The zero-order valence-corrected chi connectivity index (χ0v) is 13.3. The summed E-state index contributed by atoms with van der Waals surface area (Å²) in [6.45, 7) is 0.742. The van der Waals surface area contributed by atoms with Crippen molar-refractivity contribution in [1.29, 1.82) is 0 Å². The molecule has 1 atom stereocenters. The normalized spacial score (nSPS) is 12.4.